The summed E-state index contributed by atoms with van der Waals surface area (Å²) in [5, 5.41) is 16.7. The molecule has 156 valence electrons. The van der Waals surface area contributed by atoms with Crippen LogP contribution in [0.25, 0.3) is 0 Å². The number of thioether (sulfide) groups is 2. The maximum Gasteiger partial charge on any atom is 0.352 e. The van der Waals surface area contributed by atoms with E-state index in [1.165, 1.54) is 40.4 Å². The lowest BCUT2D eigenvalue weighted by Crippen LogP contribution is -2.71. The summed E-state index contributed by atoms with van der Waals surface area (Å²) in [4.78, 5) is 53.8. The summed E-state index contributed by atoms with van der Waals surface area (Å²) < 4.78 is 4.59. The molecule has 0 bridgehead atoms. The van der Waals surface area contributed by atoms with Gasteiger partial charge in [0.25, 0.3) is 17.6 Å². The predicted molar refractivity (Wildman–Crippen MR) is 111 cm³/mol. The van der Waals surface area contributed by atoms with Crippen molar-refractivity contribution in [1.29, 1.82) is 0 Å². The number of thiazole rings is 1. The largest absolute Gasteiger partial charge is 0.477 e. The van der Waals surface area contributed by atoms with E-state index in [4.69, 9.17) is 5.73 Å². The molecule has 1 saturated heterocycles. The van der Waals surface area contributed by atoms with Gasteiger partial charge in [0, 0.05) is 16.9 Å². The average molecular weight is 485 g/mol. The molecule has 2 amide bonds. The lowest BCUT2D eigenvalue weighted by molar-refractivity contribution is -0.150. The zero-order valence-electron chi connectivity index (χ0n) is 14.8. The molecule has 0 saturated carbocycles. The third-order valence-corrected chi connectivity index (χ3v) is 8.16. The van der Waals surface area contributed by atoms with Crippen molar-refractivity contribution < 1.29 is 24.3 Å². The summed E-state index contributed by atoms with van der Waals surface area (Å²) >= 11 is 4.94. The zero-order valence-corrected chi connectivity index (χ0v) is 18.1. The van der Waals surface area contributed by atoms with Crippen LogP contribution in [0, 0.1) is 0 Å². The lowest BCUT2D eigenvalue weighted by atomic mass is 10.0. The number of fused-ring (bicyclic) bond motifs is 1. The number of carboxylic acid groups (broad SMARTS) is 1. The molecular formula is C15H12N6O5S4. The zero-order chi connectivity index (χ0) is 21.4. The molecule has 4 rings (SSSR count). The second-order valence-corrected chi connectivity index (χ2v) is 10.1. The van der Waals surface area contributed by atoms with E-state index in [9.17, 15) is 24.3 Å². The van der Waals surface area contributed by atoms with Crippen molar-refractivity contribution in [2.45, 2.75) is 15.6 Å². The number of ketones is 1. The number of β-lactam (4-membered cyclic amide) rings is 1. The molecule has 0 aromatic carbocycles. The Kier molecular flexibility index (Phi) is 5.77. The number of Topliss-reactive ketones (excluding diaryl/α,β-unsaturated/α-hetero) is 1. The molecule has 15 heteroatoms. The number of nitrogens with one attached hydrogen (secondary N) is 1. The van der Waals surface area contributed by atoms with Crippen LogP contribution in [0.5, 0.6) is 0 Å². The number of hydrogen-bond donors (Lipinski definition) is 3. The van der Waals surface area contributed by atoms with Crippen molar-refractivity contribution in [3.05, 3.63) is 28.5 Å². The molecule has 1 fully saturated rings. The molecule has 4 N–H and O–H groups in total. The highest BCUT2D eigenvalue weighted by molar-refractivity contribution is 8.01. The van der Waals surface area contributed by atoms with Crippen LogP contribution < -0.4 is 11.1 Å². The van der Waals surface area contributed by atoms with Crippen molar-refractivity contribution >= 4 is 75.1 Å². The van der Waals surface area contributed by atoms with Gasteiger partial charge in [0.15, 0.2) is 5.13 Å². The molecule has 0 aliphatic carbocycles. The van der Waals surface area contributed by atoms with E-state index in [1.54, 1.807) is 6.20 Å². The number of anilines is 1. The van der Waals surface area contributed by atoms with Crippen molar-refractivity contribution in [3.8, 4) is 0 Å². The second-order valence-electron chi connectivity index (χ2n) is 6.04. The third kappa shape index (κ3) is 3.80. The van der Waals surface area contributed by atoms with Gasteiger partial charge in [0.1, 0.15) is 27.0 Å². The third-order valence-electron chi connectivity index (χ3n) is 4.23. The fourth-order valence-electron chi connectivity index (χ4n) is 2.89. The minimum absolute atomic E-state index is 0.0853. The maximum absolute atomic E-state index is 12.6. The molecule has 2 aliphatic heterocycles. The Morgan fingerprint density at radius 1 is 1.40 bits per heavy atom. The van der Waals surface area contributed by atoms with E-state index < -0.39 is 35.0 Å². The number of carboxylic acids is 1. The Balaban J connectivity index is 1.46. The summed E-state index contributed by atoms with van der Waals surface area (Å²) in [6.07, 6.45) is 1.59. The van der Waals surface area contributed by atoms with Crippen LogP contribution in [0.1, 0.15) is 10.5 Å². The Hall–Kier alpha value is -2.49. The molecule has 4 heterocycles. The van der Waals surface area contributed by atoms with Crippen LogP contribution in [0.3, 0.4) is 0 Å². The molecule has 30 heavy (non-hydrogen) atoms. The number of nitrogens with two attached hydrogens (primary N) is 1. The van der Waals surface area contributed by atoms with Gasteiger partial charge in [-0.1, -0.05) is 4.49 Å². The molecule has 2 aromatic heterocycles. The molecule has 0 radical (unpaired) electrons. The highest BCUT2D eigenvalue weighted by atomic mass is 32.2. The van der Waals surface area contributed by atoms with Gasteiger partial charge in [-0.3, -0.25) is 19.3 Å². The van der Waals surface area contributed by atoms with Crippen LogP contribution in [0.15, 0.2) is 27.1 Å². The van der Waals surface area contributed by atoms with Crippen LogP contribution in [-0.4, -0.2) is 71.1 Å². The summed E-state index contributed by atoms with van der Waals surface area (Å²) in [5.41, 5.74) is 5.87. The van der Waals surface area contributed by atoms with Gasteiger partial charge in [0.2, 0.25) is 0 Å². The van der Waals surface area contributed by atoms with Crippen LogP contribution in [-0.2, 0) is 14.4 Å². The van der Waals surface area contributed by atoms with E-state index >= 15 is 0 Å². The number of carbonyl (C=O) groups excluding carboxylic acids is 3. The highest BCUT2D eigenvalue weighted by Crippen LogP contribution is 2.41. The van der Waals surface area contributed by atoms with Crippen LogP contribution >= 0.6 is 46.4 Å². The number of carbonyl (C=O) groups is 4. The normalized spacial score (nSPS) is 20.5. The van der Waals surface area contributed by atoms with Gasteiger partial charge in [-0.15, -0.1) is 40.0 Å². The maximum atomic E-state index is 12.6. The molecule has 2 atom stereocenters. The van der Waals surface area contributed by atoms with Crippen LogP contribution in [0.2, 0.25) is 0 Å². The number of nitrogen functional groups attached to an aromatic ring is 1. The lowest BCUT2D eigenvalue weighted by Gasteiger charge is -2.49. The monoisotopic (exact) mass is 484 g/mol. The SMILES string of the molecule is Nc1nc(C(=O)C(=O)N[C@@H]2C(=O)N3C(C(=O)O)=C(CSc4cnns4)CS[C@H]23)cs1. The number of amides is 2. The molecule has 0 unspecified atom stereocenters. The summed E-state index contributed by atoms with van der Waals surface area (Å²) in [5.74, 6) is -2.94. The van der Waals surface area contributed by atoms with Gasteiger partial charge in [-0.2, -0.15) is 0 Å². The molecule has 2 aliphatic rings. The van der Waals surface area contributed by atoms with Gasteiger partial charge in [0.05, 0.1) is 6.20 Å². The minimum Gasteiger partial charge on any atom is -0.477 e. The number of hydrogen-bond acceptors (Lipinski definition) is 12. The van der Waals surface area contributed by atoms with E-state index in [-0.39, 0.29) is 16.5 Å². The minimum atomic E-state index is -1.22. The first kappa shape index (κ1) is 20.8. The predicted octanol–water partition coefficient (Wildman–Crippen LogP) is 0.290. The molecule has 2 aromatic rings. The summed E-state index contributed by atoms with van der Waals surface area (Å²) in [6, 6.07) is -0.989. The topological polar surface area (TPSA) is 168 Å². The first-order chi connectivity index (χ1) is 14.4. The van der Waals surface area contributed by atoms with Gasteiger partial charge in [-0.25, -0.2) is 9.78 Å². The fraction of sp³-hybridized carbons (Fsp3) is 0.267. The van der Waals surface area contributed by atoms with Crippen molar-refractivity contribution in [2.75, 3.05) is 17.2 Å². The Labute approximate surface area is 185 Å². The summed E-state index contributed by atoms with van der Waals surface area (Å²) in [7, 11) is 0. The van der Waals surface area contributed by atoms with E-state index in [2.05, 4.69) is 19.9 Å². The average Bonchev–Trinajstić information content (AvgIpc) is 3.40. The second kappa shape index (κ2) is 8.33. The molecule has 0 spiro atoms. The highest BCUT2D eigenvalue weighted by Gasteiger charge is 2.54. The van der Waals surface area contributed by atoms with Gasteiger partial charge in [-0.05, 0) is 17.1 Å². The van der Waals surface area contributed by atoms with E-state index in [0.29, 0.717) is 17.1 Å². The Bertz CT molecular complexity index is 1070. The Morgan fingerprint density at radius 2 is 2.20 bits per heavy atom. The van der Waals surface area contributed by atoms with Crippen molar-refractivity contribution in [1.82, 2.24) is 24.8 Å². The van der Waals surface area contributed by atoms with E-state index in [0.717, 1.165) is 20.4 Å². The number of aliphatic carboxylic acids is 1. The number of rotatable bonds is 7. The number of nitrogens with zero attached hydrogens (tertiary/aromatic N) is 4. The van der Waals surface area contributed by atoms with Crippen molar-refractivity contribution in [2.24, 2.45) is 0 Å². The van der Waals surface area contributed by atoms with Crippen molar-refractivity contribution in [3.63, 3.8) is 0 Å². The van der Waals surface area contributed by atoms with Gasteiger partial charge >= 0.3 is 5.97 Å². The van der Waals surface area contributed by atoms with E-state index in [1.807, 2.05) is 0 Å². The van der Waals surface area contributed by atoms with Gasteiger partial charge < -0.3 is 16.2 Å². The quantitative estimate of drug-likeness (QED) is 0.214. The Morgan fingerprint density at radius 3 is 2.83 bits per heavy atom. The first-order valence-corrected chi connectivity index (χ1v) is 11.9. The summed E-state index contributed by atoms with van der Waals surface area (Å²) in [6.45, 7) is 0. The molecular weight excluding hydrogens is 472 g/mol. The fourth-order valence-corrected chi connectivity index (χ4v) is 6.34. The molecule has 11 nitrogen and oxygen atoms in total. The van der Waals surface area contributed by atoms with Crippen LogP contribution in [0.4, 0.5) is 5.13 Å². The standard InChI is InChI=1S/C15H12N6O5S4/c16-15-18-6(4-29-15)10(22)11(23)19-8-12(24)21-9(14(25)26)5(3-28-13(8)21)2-27-7-1-17-20-30-7/h1,4,8,13H,2-3H2,(H2,16,18)(H,19,23)(H,25,26)/t8-,13-/m1/s1. The number of aromatic nitrogens is 3. The first-order valence-electron chi connectivity index (χ1n) is 8.23. The smallest absolute Gasteiger partial charge is 0.352 e.